The number of amides is 1. The number of aryl methyl sites for hydroxylation is 1. The van der Waals surface area contributed by atoms with Crippen LogP contribution in [0.1, 0.15) is 31.8 Å². The second-order valence-electron chi connectivity index (χ2n) is 4.01. The first-order valence-corrected chi connectivity index (χ1v) is 9.18. The highest BCUT2D eigenvalue weighted by atomic mass is 79.9. The molecule has 21 heavy (non-hydrogen) atoms. The topological polar surface area (TPSA) is 55.4 Å². The predicted molar refractivity (Wildman–Crippen MR) is 92.7 cm³/mol. The Bertz CT molecular complexity index is 674. The molecule has 0 aromatic carbocycles. The van der Waals surface area contributed by atoms with Crippen molar-refractivity contribution < 1.29 is 14.3 Å². The minimum atomic E-state index is -0.425. The first kappa shape index (κ1) is 16.7. The molecule has 2 heterocycles. The van der Waals surface area contributed by atoms with Crippen LogP contribution < -0.4 is 5.32 Å². The average molecular weight is 453 g/mol. The third-order valence-corrected chi connectivity index (χ3v) is 6.67. The van der Waals surface area contributed by atoms with Crippen molar-refractivity contribution in [3.05, 3.63) is 35.7 Å². The van der Waals surface area contributed by atoms with Crippen LogP contribution in [0, 0.1) is 6.92 Å². The molecule has 0 unspecified atom stereocenters. The number of carbonyl (C=O) groups excluding carboxylic acids is 2. The molecule has 0 spiro atoms. The molecule has 2 aromatic heterocycles. The summed E-state index contributed by atoms with van der Waals surface area (Å²) in [5, 5.41) is 3.29. The standard InChI is InChI=1S/C13H11Br2NO3S2/c1-3-19-13(18)7-4-6(2)20-12(7)16-11(17)9-5-8(14)10(15)21-9/h4-5H,3H2,1-2H3,(H,16,17). The van der Waals surface area contributed by atoms with E-state index in [1.807, 2.05) is 6.92 Å². The van der Waals surface area contributed by atoms with Gasteiger partial charge in [-0.05, 0) is 57.8 Å². The summed E-state index contributed by atoms with van der Waals surface area (Å²) < 4.78 is 6.67. The fourth-order valence-electron chi connectivity index (χ4n) is 1.59. The highest BCUT2D eigenvalue weighted by molar-refractivity contribution is 9.13. The molecule has 2 rings (SSSR count). The van der Waals surface area contributed by atoms with Crippen LogP contribution in [0.2, 0.25) is 0 Å². The van der Waals surface area contributed by atoms with Crippen molar-refractivity contribution in [2.45, 2.75) is 13.8 Å². The first-order chi connectivity index (χ1) is 9.92. The maximum Gasteiger partial charge on any atom is 0.341 e. The molecule has 0 atom stereocenters. The van der Waals surface area contributed by atoms with Crippen LogP contribution in [-0.4, -0.2) is 18.5 Å². The third-order valence-electron chi connectivity index (χ3n) is 2.45. The molecule has 0 bridgehead atoms. The van der Waals surface area contributed by atoms with E-state index in [1.54, 1.807) is 19.1 Å². The number of halogens is 2. The molecule has 1 N–H and O–H groups in total. The van der Waals surface area contributed by atoms with Gasteiger partial charge in [0.1, 0.15) is 5.00 Å². The number of thiophene rings is 2. The summed E-state index contributed by atoms with van der Waals surface area (Å²) in [6.45, 7) is 3.92. The Balaban J connectivity index is 2.23. The van der Waals surface area contributed by atoms with Crippen molar-refractivity contribution >= 4 is 71.4 Å². The Morgan fingerprint density at radius 2 is 2.00 bits per heavy atom. The van der Waals surface area contributed by atoms with Crippen LogP contribution >= 0.6 is 54.5 Å². The molecule has 0 radical (unpaired) electrons. The van der Waals surface area contributed by atoms with Crippen LogP contribution in [0.5, 0.6) is 0 Å². The number of anilines is 1. The van der Waals surface area contributed by atoms with E-state index in [0.29, 0.717) is 22.0 Å². The van der Waals surface area contributed by atoms with Gasteiger partial charge < -0.3 is 10.1 Å². The number of esters is 1. The number of ether oxygens (including phenoxy) is 1. The maximum atomic E-state index is 12.2. The van der Waals surface area contributed by atoms with Crippen molar-refractivity contribution in [1.29, 1.82) is 0 Å². The Morgan fingerprint density at radius 1 is 1.29 bits per heavy atom. The molecule has 0 aliphatic rings. The van der Waals surface area contributed by atoms with Gasteiger partial charge in [0.15, 0.2) is 0 Å². The first-order valence-electron chi connectivity index (χ1n) is 5.96. The van der Waals surface area contributed by atoms with Crippen LogP contribution in [0.25, 0.3) is 0 Å². The van der Waals surface area contributed by atoms with Gasteiger partial charge >= 0.3 is 5.97 Å². The van der Waals surface area contributed by atoms with Gasteiger partial charge in [-0.15, -0.1) is 22.7 Å². The lowest BCUT2D eigenvalue weighted by Crippen LogP contribution is -2.13. The molecule has 4 nitrogen and oxygen atoms in total. The second-order valence-corrected chi connectivity index (χ2v) is 8.49. The highest BCUT2D eigenvalue weighted by Crippen LogP contribution is 2.34. The highest BCUT2D eigenvalue weighted by Gasteiger charge is 2.19. The molecule has 0 aliphatic carbocycles. The summed E-state index contributed by atoms with van der Waals surface area (Å²) in [4.78, 5) is 25.6. The minimum Gasteiger partial charge on any atom is -0.462 e. The van der Waals surface area contributed by atoms with Crippen molar-refractivity contribution in [2.24, 2.45) is 0 Å². The number of carbonyl (C=O) groups is 2. The fraction of sp³-hybridized carbons (Fsp3) is 0.231. The Hall–Kier alpha value is -0.700. The molecule has 0 saturated heterocycles. The van der Waals surface area contributed by atoms with Gasteiger partial charge in [-0.25, -0.2) is 4.79 Å². The quantitative estimate of drug-likeness (QED) is 0.658. The molecular weight excluding hydrogens is 442 g/mol. The minimum absolute atomic E-state index is 0.251. The normalized spacial score (nSPS) is 10.5. The Morgan fingerprint density at radius 3 is 2.57 bits per heavy atom. The molecule has 2 aromatic rings. The molecule has 1 amide bonds. The fourth-order valence-corrected chi connectivity index (χ4v) is 4.42. The van der Waals surface area contributed by atoms with Gasteiger partial charge in [-0.1, -0.05) is 0 Å². The SMILES string of the molecule is CCOC(=O)c1cc(C)sc1NC(=O)c1cc(Br)c(Br)s1. The zero-order valence-electron chi connectivity index (χ0n) is 11.2. The van der Waals surface area contributed by atoms with E-state index in [9.17, 15) is 9.59 Å². The summed E-state index contributed by atoms with van der Waals surface area (Å²) in [6.07, 6.45) is 0. The van der Waals surface area contributed by atoms with Crippen LogP contribution in [0.15, 0.2) is 20.4 Å². The largest absolute Gasteiger partial charge is 0.462 e. The van der Waals surface area contributed by atoms with Crippen molar-refractivity contribution in [2.75, 3.05) is 11.9 Å². The van der Waals surface area contributed by atoms with Gasteiger partial charge in [0, 0.05) is 9.35 Å². The number of nitrogens with one attached hydrogen (secondary N) is 1. The van der Waals surface area contributed by atoms with Crippen LogP contribution in [0.3, 0.4) is 0 Å². The van der Waals surface area contributed by atoms with Gasteiger partial charge in [-0.2, -0.15) is 0 Å². The molecular formula is C13H11Br2NO3S2. The maximum absolute atomic E-state index is 12.2. The van der Waals surface area contributed by atoms with E-state index in [0.717, 1.165) is 13.1 Å². The average Bonchev–Trinajstić information content (AvgIpc) is 2.94. The number of rotatable bonds is 4. The zero-order chi connectivity index (χ0) is 15.6. The summed E-state index contributed by atoms with van der Waals surface area (Å²) >= 11 is 9.37. The molecule has 0 fully saturated rings. The molecule has 112 valence electrons. The van der Waals surface area contributed by atoms with E-state index < -0.39 is 5.97 Å². The van der Waals surface area contributed by atoms with E-state index in [4.69, 9.17) is 4.74 Å². The smallest absolute Gasteiger partial charge is 0.341 e. The summed E-state index contributed by atoms with van der Waals surface area (Å²) in [7, 11) is 0. The van der Waals surface area contributed by atoms with Gasteiger partial charge in [0.2, 0.25) is 0 Å². The molecule has 0 aliphatic heterocycles. The summed E-state index contributed by atoms with van der Waals surface area (Å²) in [6, 6.07) is 3.45. The number of hydrogen-bond acceptors (Lipinski definition) is 5. The predicted octanol–water partition coefficient (Wildman–Crippen LogP) is 5.07. The second kappa shape index (κ2) is 7.04. The zero-order valence-corrected chi connectivity index (χ0v) is 16.0. The van der Waals surface area contributed by atoms with Crippen molar-refractivity contribution in [1.82, 2.24) is 0 Å². The summed E-state index contributed by atoms with van der Waals surface area (Å²) in [5.74, 6) is -0.676. The third kappa shape index (κ3) is 3.94. The van der Waals surface area contributed by atoms with E-state index in [1.165, 1.54) is 22.7 Å². The van der Waals surface area contributed by atoms with Gasteiger partial charge in [0.05, 0.1) is 20.8 Å². The van der Waals surface area contributed by atoms with Crippen LogP contribution in [-0.2, 0) is 4.74 Å². The van der Waals surface area contributed by atoms with Crippen LogP contribution in [0.4, 0.5) is 5.00 Å². The number of hydrogen-bond donors (Lipinski definition) is 1. The lowest BCUT2D eigenvalue weighted by Gasteiger charge is -2.04. The Labute approximate surface area is 146 Å². The van der Waals surface area contributed by atoms with Crippen molar-refractivity contribution in [3.8, 4) is 0 Å². The lowest BCUT2D eigenvalue weighted by atomic mass is 10.3. The van der Waals surface area contributed by atoms with E-state index in [2.05, 4.69) is 37.2 Å². The van der Waals surface area contributed by atoms with E-state index in [-0.39, 0.29) is 5.91 Å². The van der Waals surface area contributed by atoms with E-state index >= 15 is 0 Å². The molecule has 8 heteroatoms. The monoisotopic (exact) mass is 451 g/mol. The Kier molecular flexibility index (Phi) is 5.59. The van der Waals surface area contributed by atoms with Gasteiger partial charge in [-0.3, -0.25) is 4.79 Å². The lowest BCUT2D eigenvalue weighted by molar-refractivity contribution is 0.0528. The van der Waals surface area contributed by atoms with Gasteiger partial charge in [0.25, 0.3) is 5.91 Å². The molecule has 0 saturated carbocycles. The van der Waals surface area contributed by atoms with Crippen molar-refractivity contribution in [3.63, 3.8) is 0 Å². The summed E-state index contributed by atoms with van der Waals surface area (Å²) in [5.41, 5.74) is 0.391.